The van der Waals surface area contributed by atoms with E-state index in [1.165, 1.54) is 45.1 Å². The lowest BCUT2D eigenvalue weighted by Gasteiger charge is -2.34. The van der Waals surface area contributed by atoms with Crippen LogP contribution in [0.3, 0.4) is 0 Å². The summed E-state index contributed by atoms with van der Waals surface area (Å²) in [7, 11) is 0. The molecule has 2 nitrogen and oxygen atoms in total. The van der Waals surface area contributed by atoms with E-state index in [2.05, 4.69) is 4.90 Å². The highest BCUT2D eigenvalue weighted by Crippen LogP contribution is 2.40. The summed E-state index contributed by atoms with van der Waals surface area (Å²) in [5.74, 6) is 0.174. The predicted molar refractivity (Wildman–Crippen MR) is 74.1 cm³/mol. The van der Waals surface area contributed by atoms with Gasteiger partial charge in [0.1, 0.15) is 5.82 Å². The topological polar surface area (TPSA) is 20.3 Å². The van der Waals surface area contributed by atoms with Crippen LogP contribution in [0.15, 0.2) is 18.2 Å². The second kappa shape index (κ2) is 4.95. The minimum atomic E-state index is -0.385. The van der Waals surface area contributed by atoms with Crippen LogP contribution in [-0.2, 0) is 0 Å². The van der Waals surface area contributed by atoms with Crippen molar-refractivity contribution in [1.29, 1.82) is 0 Å². The van der Waals surface area contributed by atoms with E-state index >= 15 is 0 Å². The van der Waals surface area contributed by atoms with Crippen molar-refractivity contribution >= 4 is 11.5 Å². The molecular weight excluding hydrogens is 241 g/mol. The molecule has 2 unspecified atom stereocenters. The number of carbonyl (C=O) groups excluding carboxylic acids is 1. The Balaban J connectivity index is 1.98. The van der Waals surface area contributed by atoms with Crippen molar-refractivity contribution in [3.63, 3.8) is 0 Å². The summed E-state index contributed by atoms with van der Waals surface area (Å²) in [5, 5.41) is 0. The zero-order valence-electron chi connectivity index (χ0n) is 11.4. The molecule has 2 atom stereocenters. The molecular formula is C16H20FNO. The third kappa shape index (κ3) is 2.15. The second-order valence-electron chi connectivity index (χ2n) is 5.78. The van der Waals surface area contributed by atoms with Gasteiger partial charge in [0.15, 0.2) is 5.78 Å². The van der Waals surface area contributed by atoms with Gasteiger partial charge in [-0.05, 0) is 44.2 Å². The number of fused-ring (bicyclic) bond motifs is 1. The number of rotatable bonds is 2. The maximum atomic E-state index is 13.9. The van der Waals surface area contributed by atoms with Crippen molar-refractivity contribution in [1.82, 2.24) is 0 Å². The summed E-state index contributed by atoms with van der Waals surface area (Å²) in [6.07, 6.45) is 6.21. The number of ketones is 1. The third-order valence-corrected chi connectivity index (χ3v) is 4.66. The van der Waals surface area contributed by atoms with Crippen LogP contribution in [0.2, 0.25) is 0 Å². The van der Waals surface area contributed by atoms with Gasteiger partial charge in [0, 0.05) is 12.6 Å². The lowest BCUT2D eigenvalue weighted by molar-refractivity contribution is 0.101. The van der Waals surface area contributed by atoms with E-state index in [0.717, 1.165) is 18.2 Å². The van der Waals surface area contributed by atoms with Crippen LogP contribution >= 0.6 is 0 Å². The van der Waals surface area contributed by atoms with Crippen LogP contribution in [0.5, 0.6) is 0 Å². The SMILES string of the molecule is CC(=O)c1c(F)cccc1N1CCC2CCCCC21. The largest absolute Gasteiger partial charge is 0.368 e. The van der Waals surface area contributed by atoms with Gasteiger partial charge < -0.3 is 4.90 Å². The fraction of sp³-hybridized carbons (Fsp3) is 0.562. The molecule has 102 valence electrons. The van der Waals surface area contributed by atoms with Crippen LogP contribution in [0.25, 0.3) is 0 Å². The highest BCUT2D eigenvalue weighted by Gasteiger charge is 2.37. The molecule has 1 aliphatic heterocycles. The van der Waals surface area contributed by atoms with Gasteiger partial charge in [0.05, 0.1) is 11.3 Å². The standard InChI is InChI=1S/C16H20FNO/c1-11(19)16-13(17)6-4-8-15(16)18-10-9-12-5-2-3-7-14(12)18/h4,6,8,12,14H,2-3,5,7,9-10H2,1H3. The number of anilines is 1. The summed E-state index contributed by atoms with van der Waals surface area (Å²) in [5.41, 5.74) is 1.08. The minimum Gasteiger partial charge on any atom is -0.368 e. The zero-order valence-corrected chi connectivity index (χ0v) is 11.4. The smallest absolute Gasteiger partial charge is 0.164 e. The molecule has 0 aromatic heterocycles. The quantitative estimate of drug-likeness (QED) is 0.755. The molecule has 3 heteroatoms. The summed E-state index contributed by atoms with van der Waals surface area (Å²) in [4.78, 5) is 14.0. The maximum Gasteiger partial charge on any atom is 0.164 e. The first-order chi connectivity index (χ1) is 9.18. The summed E-state index contributed by atoms with van der Waals surface area (Å²) < 4.78 is 13.9. The average molecular weight is 261 g/mol. The van der Waals surface area contributed by atoms with Gasteiger partial charge in [0.25, 0.3) is 0 Å². The van der Waals surface area contributed by atoms with Crippen molar-refractivity contribution in [2.75, 3.05) is 11.4 Å². The molecule has 2 aliphatic rings. The average Bonchev–Trinajstić information content (AvgIpc) is 2.81. The van der Waals surface area contributed by atoms with Crippen molar-refractivity contribution < 1.29 is 9.18 Å². The molecule has 0 amide bonds. The van der Waals surface area contributed by atoms with Crippen LogP contribution in [0.1, 0.15) is 49.4 Å². The minimum absolute atomic E-state index is 0.174. The highest BCUT2D eigenvalue weighted by molar-refractivity contribution is 6.00. The molecule has 2 fully saturated rings. The van der Waals surface area contributed by atoms with Gasteiger partial charge in [-0.3, -0.25) is 4.79 Å². The number of nitrogens with zero attached hydrogens (tertiary/aromatic N) is 1. The Labute approximate surface area is 113 Å². The number of hydrogen-bond donors (Lipinski definition) is 0. The van der Waals surface area contributed by atoms with Crippen molar-refractivity contribution in [3.05, 3.63) is 29.6 Å². The molecule has 3 rings (SSSR count). The lowest BCUT2D eigenvalue weighted by atomic mass is 9.85. The monoisotopic (exact) mass is 261 g/mol. The van der Waals surface area contributed by atoms with Gasteiger partial charge in [0.2, 0.25) is 0 Å². The van der Waals surface area contributed by atoms with Crippen LogP contribution in [0, 0.1) is 11.7 Å². The van der Waals surface area contributed by atoms with Gasteiger partial charge in [-0.1, -0.05) is 18.9 Å². The third-order valence-electron chi connectivity index (χ3n) is 4.66. The van der Waals surface area contributed by atoms with E-state index in [4.69, 9.17) is 0 Å². The Hall–Kier alpha value is -1.38. The Morgan fingerprint density at radius 3 is 2.84 bits per heavy atom. The summed E-state index contributed by atoms with van der Waals surface area (Å²) >= 11 is 0. The Bertz CT molecular complexity index is 500. The molecule has 19 heavy (non-hydrogen) atoms. The Morgan fingerprint density at radius 2 is 2.05 bits per heavy atom. The van der Waals surface area contributed by atoms with Crippen LogP contribution in [0.4, 0.5) is 10.1 Å². The first-order valence-corrected chi connectivity index (χ1v) is 7.24. The van der Waals surface area contributed by atoms with Crippen molar-refractivity contribution in [3.8, 4) is 0 Å². The number of hydrogen-bond acceptors (Lipinski definition) is 2. The highest BCUT2D eigenvalue weighted by atomic mass is 19.1. The van der Waals surface area contributed by atoms with E-state index in [0.29, 0.717) is 6.04 Å². The number of Topliss-reactive ketones (excluding diaryl/α,β-unsaturated/α-hetero) is 1. The van der Waals surface area contributed by atoms with Crippen molar-refractivity contribution in [2.45, 2.75) is 45.1 Å². The molecule has 1 aromatic carbocycles. The van der Waals surface area contributed by atoms with E-state index in [1.807, 2.05) is 6.07 Å². The molecule has 0 radical (unpaired) electrons. The van der Waals surface area contributed by atoms with Gasteiger partial charge in [-0.15, -0.1) is 0 Å². The fourth-order valence-electron chi connectivity index (χ4n) is 3.81. The van der Waals surface area contributed by atoms with Crippen molar-refractivity contribution in [2.24, 2.45) is 5.92 Å². The summed E-state index contributed by atoms with van der Waals surface area (Å²) in [6.45, 7) is 2.41. The molecule has 0 spiro atoms. The first-order valence-electron chi connectivity index (χ1n) is 7.24. The predicted octanol–water partition coefficient (Wildman–Crippen LogP) is 3.80. The van der Waals surface area contributed by atoms with E-state index in [9.17, 15) is 9.18 Å². The first kappa shape index (κ1) is 12.6. The maximum absolute atomic E-state index is 13.9. The normalized spacial score (nSPS) is 26.3. The number of benzene rings is 1. The molecule has 1 aliphatic carbocycles. The van der Waals surface area contributed by atoms with Crippen LogP contribution in [-0.4, -0.2) is 18.4 Å². The molecule has 1 heterocycles. The molecule has 0 bridgehead atoms. The Kier molecular flexibility index (Phi) is 3.29. The summed E-state index contributed by atoms with van der Waals surface area (Å²) in [6, 6.07) is 5.51. The van der Waals surface area contributed by atoms with E-state index in [1.54, 1.807) is 6.07 Å². The fourth-order valence-corrected chi connectivity index (χ4v) is 3.81. The molecule has 1 saturated heterocycles. The van der Waals surface area contributed by atoms with Gasteiger partial charge in [-0.25, -0.2) is 4.39 Å². The molecule has 1 saturated carbocycles. The van der Waals surface area contributed by atoms with E-state index < -0.39 is 0 Å². The molecule has 0 N–H and O–H groups in total. The van der Waals surface area contributed by atoms with Gasteiger partial charge in [-0.2, -0.15) is 0 Å². The number of halogens is 1. The van der Waals surface area contributed by atoms with Crippen LogP contribution < -0.4 is 4.90 Å². The van der Waals surface area contributed by atoms with E-state index in [-0.39, 0.29) is 17.2 Å². The Morgan fingerprint density at radius 1 is 1.26 bits per heavy atom. The van der Waals surface area contributed by atoms with Gasteiger partial charge >= 0.3 is 0 Å². The lowest BCUT2D eigenvalue weighted by Crippen LogP contribution is -2.35. The second-order valence-corrected chi connectivity index (χ2v) is 5.78. The number of carbonyl (C=O) groups is 1. The zero-order chi connectivity index (χ0) is 13.4. The molecule has 1 aromatic rings.